The van der Waals surface area contributed by atoms with E-state index < -0.39 is 0 Å². The normalized spacial score (nSPS) is 10.3. The lowest BCUT2D eigenvalue weighted by Crippen LogP contribution is -1.92. The Balaban J connectivity index is 2.37. The number of hydrogen-bond donors (Lipinski definition) is 0. The van der Waals surface area contributed by atoms with Gasteiger partial charge in [-0.2, -0.15) is 0 Å². The number of rotatable bonds is 6. The summed E-state index contributed by atoms with van der Waals surface area (Å²) in [5.74, 6) is 0. The molecule has 1 rings (SSSR count). The molecule has 0 aliphatic heterocycles. The molecule has 0 nitrogen and oxygen atoms in total. The zero-order chi connectivity index (χ0) is 11.1. The molecule has 0 aliphatic rings. The van der Waals surface area contributed by atoms with E-state index in [1.165, 1.54) is 42.4 Å². The van der Waals surface area contributed by atoms with Crippen molar-refractivity contribution in [3.05, 3.63) is 47.5 Å². The third kappa shape index (κ3) is 3.91. The Labute approximate surface area is 94.0 Å². The molecular formula is C15H21. The largest absolute Gasteiger partial charge is 0.0845 e. The van der Waals surface area contributed by atoms with Gasteiger partial charge in [-0.3, -0.25) is 0 Å². The highest BCUT2D eigenvalue weighted by Crippen LogP contribution is 2.15. The van der Waals surface area contributed by atoms with Gasteiger partial charge in [-0.15, -0.1) is 0 Å². The molecule has 1 aromatic carbocycles. The zero-order valence-electron chi connectivity index (χ0n) is 9.92. The molecule has 0 spiro atoms. The molecule has 15 heavy (non-hydrogen) atoms. The molecular weight excluding hydrogens is 180 g/mol. The van der Waals surface area contributed by atoms with Crippen molar-refractivity contribution in [2.75, 3.05) is 0 Å². The minimum Gasteiger partial charge on any atom is -0.0845 e. The van der Waals surface area contributed by atoms with E-state index in [2.05, 4.69) is 32.0 Å². The van der Waals surface area contributed by atoms with Gasteiger partial charge in [-0.05, 0) is 56.2 Å². The number of aryl methyl sites for hydroxylation is 2. The van der Waals surface area contributed by atoms with Crippen LogP contribution in [0.15, 0.2) is 24.3 Å². The second-order valence-electron chi connectivity index (χ2n) is 4.19. The second kappa shape index (κ2) is 6.44. The number of unbranched alkanes of at least 4 members (excludes halogenated alkanes) is 3. The van der Waals surface area contributed by atoms with E-state index in [1.807, 2.05) is 0 Å². The summed E-state index contributed by atoms with van der Waals surface area (Å²) >= 11 is 0. The molecule has 0 heteroatoms. The van der Waals surface area contributed by atoms with Gasteiger partial charge in [-0.1, -0.05) is 37.3 Å². The van der Waals surface area contributed by atoms with Crippen LogP contribution in [-0.4, -0.2) is 0 Å². The second-order valence-corrected chi connectivity index (χ2v) is 4.19. The average Bonchev–Trinajstić information content (AvgIpc) is 2.24. The standard InChI is InChI=1S/C15H21/c1-4-5-6-7-8-11-15-12-9-10-13(2)14(15)3/h1,4,9-10,12H,5-8,11H2,2-3H3. The highest BCUT2D eigenvalue weighted by molar-refractivity contribution is 5.33. The lowest BCUT2D eigenvalue weighted by atomic mass is 9.98. The van der Waals surface area contributed by atoms with E-state index in [1.54, 1.807) is 6.08 Å². The van der Waals surface area contributed by atoms with Crippen LogP contribution < -0.4 is 0 Å². The Kier molecular flexibility index (Phi) is 5.17. The highest BCUT2D eigenvalue weighted by Gasteiger charge is 1.99. The first-order valence-electron chi connectivity index (χ1n) is 5.84. The summed E-state index contributed by atoms with van der Waals surface area (Å²) in [6.45, 7) is 9.74. The van der Waals surface area contributed by atoms with Gasteiger partial charge in [0.2, 0.25) is 0 Å². The molecule has 0 bridgehead atoms. The van der Waals surface area contributed by atoms with Gasteiger partial charge in [-0.25, -0.2) is 0 Å². The van der Waals surface area contributed by atoms with Crippen molar-refractivity contribution in [3.63, 3.8) is 0 Å². The van der Waals surface area contributed by atoms with Crippen molar-refractivity contribution in [2.45, 2.75) is 46.0 Å². The lowest BCUT2D eigenvalue weighted by molar-refractivity contribution is 0.685. The predicted molar refractivity (Wildman–Crippen MR) is 67.0 cm³/mol. The van der Waals surface area contributed by atoms with E-state index in [-0.39, 0.29) is 0 Å². The van der Waals surface area contributed by atoms with Gasteiger partial charge < -0.3 is 0 Å². The summed E-state index contributed by atoms with van der Waals surface area (Å²) in [5.41, 5.74) is 4.37. The topological polar surface area (TPSA) is 0 Å². The van der Waals surface area contributed by atoms with Gasteiger partial charge in [0.1, 0.15) is 0 Å². The van der Waals surface area contributed by atoms with Crippen molar-refractivity contribution in [3.8, 4) is 0 Å². The molecule has 0 N–H and O–H groups in total. The maximum atomic E-state index is 5.34. The molecule has 0 saturated heterocycles. The first-order valence-corrected chi connectivity index (χ1v) is 5.84. The molecule has 1 radical (unpaired) electrons. The van der Waals surface area contributed by atoms with Gasteiger partial charge in [0, 0.05) is 0 Å². The molecule has 0 unspecified atom stereocenters. The number of hydrogen-bond acceptors (Lipinski definition) is 0. The third-order valence-corrected chi connectivity index (χ3v) is 3.03. The van der Waals surface area contributed by atoms with Gasteiger partial charge in [0.05, 0.1) is 0 Å². The van der Waals surface area contributed by atoms with Crippen LogP contribution in [0.2, 0.25) is 0 Å². The van der Waals surface area contributed by atoms with E-state index >= 15 is 0 Å². The fourth-order valence-electron chi connectivity index (χ4n) is 1.84. The van der Waals surface area contributed by atoms with Crippen LogP contribution in [-0.2, 0) is 6.42 Å². The minimum absolute atomic E-state index is 1.05. The average molecular weight is 201 g/mol. The number of benzene rings is 1. The van der Waals surface area contributed by atoms with E-state index in [0.29, 0.717) is 0 Å². The summed E-state index contributed by atoms with van der Waals surface area (Å²) in [4.78, 5) is 0. The molecule has 0 aromatic heterocycles. The first kappa shape index (κ1) is 12.0. The monoisotopic (exact) mass is 201 g/mol. The van der Waals surface area contributed by atoms with Crippen LogP contribution in [0, 0.1) is 20.4 Å². The molecule has 81 valence electrons. The Morgan fingerprint density at radius 1 is 1.13 bits per heavy atom. The number of allylic oxidation sites excluding steroid dienone is 1. The van der Waals surface area contributed by atoms with Crippen molar-refractivity contribution in [1.29, 1.82) is 0 Å². The molecule has 0 fully saturated rings. The van der Waals surface area contributed by atoms with Crippen LogP contribution in [0.1, 0.15) is 42.4 Å². The van der Waals surface area contributed by atoms with Crippen LogP contribution in [0.25, 0.3) is 0 Å². The molecule has 0 heterocycles. The Morgan fingerprint density at radius 2 is 1.93 bits per heavy atom. The summed E-state index contributed by atoms with van der Waals surface area (Å²) in [6, 6.07) is 6.59. The summed E-state index contributed by atoms with van der Waals surface area (Å²) in [6.07, 6.45) is 7.80. The Morgan fingerprint density at radius 3 is 2.67 bits per heavy atom. The molecule has 0 saturated carbocycles. The molecule has 0 amide bonds. The van der Waals surface area contributed by atoms with E-state index in [4.69, 9.17) is 6.58 Å². The SMILES string of the molecule is [CH]=CCCCCCc1cccc(C)c1C. The minimum atomic E-state index is 1.05. The quantitative estimate of drug-likeness (QED) is 0.599. The smallest absolute Gasteiger partial charge is 0.0276 e. The fraction of sp³-hybridized carbons (Fsp3) is 0.467. The first-order chi connectivity index (χ1) is 7.25. The highest BCUT2D eigenvalue weighted by atomic mass is 14.0. The van der Waals surface area contributed by atoms with Crippen molar-refractivity contribution in [1.82, 2.24) is 0 Å². The van der Waals surface area contributed by atoms with Gasteiger partial charge in [0.15, 0.2) is 0 Å². The summed E-state index contributed by atoms with van der Waals surface area (Å²) < 4.78 is 0. The predicted octanol–water partition coefficient (Wildman–Crippen LogP) is 4.40. The molecule has 0 aliphatic carbocycles. The van der Waals surface area contributed by atoms with Crippen molar-refractivity contribution in [2.24, 2.45) is 0 Å². The van der Waals surface area contributed by atoms with Crippen LogP contribution in [0.5, 0.6) is 0 Å². The van der Waals surface area contributed by atoms with Crippen LogP contribution in [0.4, 0.5) is 0 Å². The van der Waals surface area contributed by atoms with Crippen molar-refractivity contribution < 1.29 is 0 Å². The molecule has 1 aromatic rings. The van der Waals surface area contributed by atoms with Gasteiger partial charge >= 0.3 is 0 Å². The Hall–Kier alpha value is -1.04. The fourth-order valence-corrected chi connectivity index (χ4v) is 1.84. The maximum absolute atomic E-state index is 5.34. The van der Waals surface area contributed by atoms with Crippen LogP contribution in [0.3, 0.4) is 0 Å². The van der Waals surface area contributed by atoms with E-state index in [0.717, 1.165) is 6.42 Å². The Bertz CT molecular complexity index is 310. The van der Waals surface area contributed by atoms with Crippen LogP contribution >= 0.6 is 0 Å². The van der Waals surface area contributed by atoms with Gasteiger partial charge in [0.25, 0.3) is 0 Å². The third-order valence-electron chi connectivity index (χ3n) is 3.03. The van der Waals surface area contributed by atoms with Crippen molar-refractivity contribution >= 4 is 0 Å². The summed E-state index contributed by atoms with van der Waals surface area (Å²) in [5, 5.41) is 0. The van der Waals surface area contributed by atoms with E-state index in [9.17, 15) is 0 Å². The summed E-state index contributed by atoms with van der Waals surface area (Å²) in [7, 11) is 0. The zero-order valence-corrected chi connectivity index (χ0v) is 9.92. The maximum Gasteiger partial charge on any atom is -0.0276 e. The molecule has 0 atom stereocenters. The lowest BCUT2D eigenvalue weighted by Gasteiger charge is -2.07.